The largest absolute Gasteiger partial charge is 0.367 e. The molecule has 0 bridgehead atoms. The van der Waals surface area contributed by atoms with E-state index in [1.165, 1.54) is 24.8 Å². The number of nitrogens with zero attached hydrogens (tertiary/aromatic N) is 2. The number of amides is 2. The first kappa shape index (κ1) is 26.3. The van der Waals surface area contributed by atoms with Gasteiger partial charge in [-0.25, -0.2) is 0 Å². The molecule has 3 aliphatic heterocycles. The molecule has 206 valence electrons. The van der Waals surface area contributed by atoms with Crippen LogP contribution < -0.4 is 5.73 Å². The Morgan fingerprint density at radius 2 is 1.79 bits per heavy atom. The predicted molar refractivity (Wildman–Crippen MR) is 148 cm³/mol. The van der Waals surface area contributed by atoms with Gasteiger partial charge in [0, 0.05) is 18.2 Å². The van der Waals surface area contributed by atoms with Crippen molar-refractivity contribution >= 4 is 29.4 Å². The fraction of sp³-hybridized carbons (Fsp3) is 0.700. The molecular formula is C30H41N3O4S. The third-order valence-corrected chi connectivity index (χ3v) is 10.9. The van der Waals surface area contributed by atoms with Gasteiger partial charge in [-0.05, 0) is 86.9 Å². The Labute approximate surface area is 230 Å². The quantitative estimate of drug-likeness (QED) is 0.568. The topological polar surface area (TPSA) is 92.9 Å². The highest BCUT2D eigenvalue weighted by molar-refractivity contribution is 7.99. The second-order valence-corrected chi connectivity index (χ2v) is 13.2. The molecule has 38 heavy (non-hydrogen) atoms. The Morgan fingerprint density at radius 3 is 2.45 bits per heavy atom. The van der Waals surface area contributed by atoms with Crippen molar-refractivity contribution in [2.45, 2.75) is 93.1 Å². The van der Waals surface area contributed by atoms with E-state index in [1.807, 2.05) is 12.3 Å². The summed E-state index contributed by atoms with van der Waals surface area (Å²) < 4.78 is 5.85. The number of piperidine rings is 1. The number of likely N-dealkylation sites (tertiary alicyclic amines) is 2. The molecule has 2 amide bonds. The van der Waals surface area contributed by atoms with E-state index >= 15 is 0 Å². The summed E-state index contributed by atoms with van der Waals surface area (Å²) >= 11 is 1.66. The fourth-order valence-corrected chi connectivity index (χ4v) is 8.44. The number of rotatable bonds is 7. The van der Waals surface area contributed by atoms with Gasteiger partial charge in [-0.15, -0.1) is 0 Å². The minimum absolute atomic E-state index is 0.00593. The third kappa shape index (κ3) is 4.92. The number of hydrogen-bond acceptors (Lipinski definition) is 6. The summed E-state index contributed by atoms with van der Waals surface area (Å²) in [4.78, 5) is 44.5. The number of carbonyl (C=O) groups excluding carboxylic acids is 3. The smallest absolute Gasteiger partial charge is 0.249 e. The van der Waals surface area contributed by atoms with E-state index in [1.54, 1.807) is 16.7 Å². The molecule has 3 heterocycles. The van der Waals surface area contributed by atoms with Crippen LogP contribution in [0.4, 0.5) is 0 Å². The lowest BCUT2D eigenvalue weighted by molar-refractivity contribution is -0.139. The molecule has 0 unspecified atom stereocenters. The van der Waals surface area contributed by atoms with Gasteiger partial charge in [0.05, 0.1) is 17.3 Å². The van der Waals surface area contributed by atoms with Crippen LogP contribution in [0.15, 0.2) is 18.2 Å². The summed E-state index contributed by atoms with van der Waals surface area (Å²) in [6, 6.07) is 6.34. The number of benzene rings is 1. The molecule has 2 aliphatic carbocycles. The Hall–Kier alpha value is -1.90. The van der Waals surface area contributed by atoms with Crippen LogP contribution in [-0.2, 0) is 14.3 Å². The second-order valence-electron chi connectivity index (χ2n) is 12.1. The third-order valence-electron chi connectivity index (χ3n) is 9.85. The van der Waals surface area contributed by atoms with Crippen molar-refractivity contribution in [3.63, 3.8) is 0 Å². The van der Waals surface area contributed by atoms with Crippen molar-refractivity contribution in [1.82, 2.24) is 9.80 Å². The highest BCUT2D eigenvalue weighted by Crippen LogP contribution is 2.43. The Kier molecular flexibility index (Phi) is 7.58. The first-order valence-electron chi connectivity index (χ1n) is 14.6. The van der Waals surface area contributed by atoms with Crippen molar-refractivity contribution < 1.29 is 19.1 Å². The lowest BCUT2D eigenvalue weighted by atomic mass is 9.73. The van der Waals surface area contributed by atoms with E-state index in [4.69, 9.17) is 10.5 Å². The van der Waals surface area contributed by atoms with Crippen LogP contribution in [-0.4, -0.2) is 83.3 Å². The number of carbonyl (C=O) groups is 3. The predicted octanol–water partition coefficient (Wildman–Crippen LogP) is 3.70. The average Bonchev–Trinajstić information content (AvgIpc) is 3.63. The van der Waals surface area contributed by atoms with Gasteiger partial charge >= 0.3 is 0 Å². The van der Waals surface area contributed by atoms with E-state index in [0.717, 1.165) is 63.2 Å². The molecule has 1 aromatic carbocycles. The standard InChI is InChI=1S/C30H41N3O4S/c1-38-25-16-33(27-24(34)17-37-28(25)27)30(36)26(19-5-3-2-4-6-19)23-15-20(7-10-22(23)29(31)35)18-11-13-32(14-12-18)21-8-9-21/h7,10,15,18-19,21,25-28H,2-6,8-9,11-14,16-17H2,1H3,(H2,31,35)/t25-,26-,27+,28+/m0/s1. The highest BCUT2D eigenvalue weighted by Gasteiger charge is 2.53. The lowest BCUT2D eigenvalue weighted by Gasteiger charge is -2.36. The van der Waals surface area contributed by atoms with E-state index in [0.29, 0.717) is 18.0 Å². The molecule has 1 aromatic rings. The summed E-state index contributed by atoms with van der Waals surface area (Å²) in [5.74, 6) is -0.400. The van der Waals surface area contributed by atoms with E-state index in [-0.39, 0.29) is 35.6 Å². The van der Waals surface area contributed by atoms with Crippen molar-refractivity contribution in [3.8, 4) is 0 Å². The van der Waals surface area contributed by atoms with Gasteiger partial charge in [0.15, 0.2) is 5.78 Å². The highest BCUT2D eigenvalue weighted by atomic mass is 32.2. The number of Topliss-reactive ketones (excluding diaryl/α,β-unsaturated/α-hetero) is 1. The molecule has 6 rings (SSSR count). The van der Waals surface area contributed by atoms with Gasteiger partial charge in [0.25, 0.3) is 0 Å². The zero-order valence-corrected chi connectivity index (χ0v) is 23.3. The minimum atomic E-state index is -0.516. The number of ketones is 1. The maximum absolute atomic E-state index is 14.5. The molecule has 0 spiro atoms. The SMILES string of the molecule is CS[C@H]1CN(C(=O)[C@H](c2cc(C3CCN(C4CC4)CC3)ccc2C(N)=O)C2CCCCC2)[C@@H]2C(=O)CO[C@H]12. The van der Waals surface area contributed by atoms with Gasteiger partial charge in [-0.1, -0.05) is 31.4 Å². The van der Waals surface area contributed by atoms with Crippen LogP contribution >= 0.6 is 11.8 Å². The number of ether oxygens (including phenoxy) is 1. The molecule has 8 heteroatoms. The van der Waals surface area contributed by atoms with Crippen molar-refractivity contribution in [1.29, 1.82) is 0 Å². The van der Waals surface area contributed by atoms with Crippen molar-refractivity contribution in [2.24, 2.45) is 11.7 Å². The van der Waals surface area contributed by atoms with E-state index in [9.17, 15) is 14.4 Å². The van der Waals surface area contributed by atoms with Crippen LogP contribution in [0, 0.1) is 5.92 Å². The number of hydrogen-bond donors (Lipinski definition) is 1. The minimum Gasteiger partial charge on any atom is -0.367 e. The zero-order valence-electron chi connectivity index (χ0n) is 22.5. The van der Waals surface area contributed by atoms with Crippen LogP contribution in [0.2, 0.25) is 0 Å². The number of nitrogens with two attached hydrogens (primary N) is 1. The molecule has 0 radical (unpaired) electrons. The molecule has 2 saturated carbocycles. The van der Waals surface area contributed by atoms with Crippen LogP contribution in [0.1, 0.15) is 91.1 Å². The van der Waals surface area contributed by atoms with Gasteiger partial charge in [0.1, 0.15) is 12.6 Å². The summed E-state index contributed by atoms with van der Waals surface area (Å²) in [7, 11) is 0. The lowest BCUT2D eigenvalue weighted by Crippen LogP contribution is -2.46. The van der Waals surface area contributed by atoms with Gasteiger partial charge in [-0.2, -0.15) is 11.8 Å². The molecule has 3 saturated heterocycles. The maximum Gasteiger partial charge on any atom is 0.249 e. The Balaban J connectivity index is 1.35. The summed E-state index contributed by atoms with van der Waals surface area (Å²) in [5, 5.41) is 0.0843. The average molecular weight is 540 g/mol. The summed E-state index contributed by atoms with van der Waals surface area (Å²) in [6.07, 6.45) is 11.9. The van der Waals surface area contributed by atoms with Crippen molar-refractivity contribution in [3.05, 3.63) is 34.9 Å². The van der Waals surface area contributed by atoms with Gasteiger partial charge in [-0.3, -0.25) is 14.4 Å². The first-order valence-corrected chi connectivity index (χ1v) is 15.9. The zero-order chi connectivity index (χ0) is 26.4. The Bertz CT molecular complexity index is 1080. The van der Waals surface area contributed by atoms with Gasteiger partial charge < -0.3 is 20.3 Å². The maximum atomic E-state index is 14.5. The monoisotopic (exact) mass is 539 g/mol. The fourth-order valence-electron chi connectivity index (χ4n) is 7.64. The first-order chi connectivity index (χ1) is 18.5. The molecule has 0 aromatic heterocycles. The molecule has 5 fully saturated rings. The summed E-state index contributed by atoms with van der Waals surface area (Å²) in [5.41, 5.74) is 8.39. The molecule has 4 atom stereocenters. The number of primary amides is 1. The molecule has 5 aliphatic rings. The van der Waals surface area contributed by atoms with Crippen LogP contribution in [0.3, 0.4) is 0 Å². The van der Waals surface area contributed by atoms with Gasteiger partial charge in [0.2, 0.25) is 11.8 Å². The molecule has 7 nitrogen and oxygen atoms in total. The molecular weight excluding hydrogens is 498 g/mol. The van der Waals surface area contributed by atoms with E-state index < -0.39 is 17.9 Å². The van der Waals surface area contributed by atoms with Crippen LogP contribution in [0.5, 0.6) is 0 Å². The number of thioether (sulfide) groups is 1. The van der Waals surface area contributed by atoms with Crippen molar-refractivity contribution in [2.75, 3.05) is 32.5 Å². The second kappa shape index (κ2) is 10.9. The Morgan fingerprint density at radius 1 is 1.05 bits per heavy atom. The molecule has 2 N–H and O–H groups in total. The van der Waals surface area contributed by atoms with Crippen LogP contribution in [0.25, 0.3) is 0 Å². The van der Waals surface area contributed by atoms with E-state index in [2.05, 4.69) is 17.0 Å². The summed E-state index contributed by atoms with van der Waals surface area (Å²) in [6.45, 7) is 2.81. The number of fused-ring (bicyclic) bond motifs is 1. The normalized spacial score (nSPS) is 30.0.